The molecule has 0 atom stereocenters. The van der Waals surface area contributed by atoms with Gasteiger partial charge in [-0.3, -0.25) is 14.5 Å². The third kappa shape index (κ3) is 4.82. The lowest BCUT2D eigenvalue weighted by Crippen LogP contribution is -2.52. The number of rotatable bonds is 4. The largest absolute Gasteiger partial charge is 0.449 e. The van der Waals surface area contributed by atoms with Crippen LogP contribution < -0.4 is 14.5 Å². The molecule has 3 aromatic carbocycles. The number of ether oxygens (including phenoxy) is 1. The van der Waals surface area contributed by atoms with Crippen molar-refractivity contribution in [2.24, 2.45) is 0 Å². The Bertz CT molecular complexity index is 1350. The molecule has 2 aliphatic heterocycles. The highest BCUT2D eigenvalue weighted by atomic mass is 19.1. The van der Waals surface area contributed by atoms with Crippen molar-refractivity contribution in [1.82, 2.24) is 4.90 Å². The van der Waals surface area contributed by atoms with Crippen LogP contribution in [0.4, 0.5) is 15.8 Å². The van der Waals surface area contributed by atoms with Crippen LogP contribution in [0, 0.1) is 19.7 Å². The first-order valence-corrected chi connectivity index (χ1v) is 12.0. The number of halogens is 1. The summed E-state index contributed by atoms with van der Waals surface area (Å²) in [5, 5.41) is 0. The van der Waals surface area contributed by atoms with Gasteiger partial charge in [0.2, 0.25) is 5.91 Å². The molecule has 2 amide bonds. The van der Waals surface area contributed by atoms with Gasteiger partial charge in [-0.2, -0.15) is 0 Å². The van der Waals surface area contributed by atoms with Gasteiger partial charge in [0.1, 0.15) is 12.4 Å². The number of benzene rings is 3. The molecule has 0 unspecified atom stereocenters. The van der Waals surface area contributed by atoms with Crippen molar-refractivity contribution in [2.75, 3.05) is 42.5 Å². The average Bonchev–Trinajstić information content (AvgIpc) is 2.88. The Balaban J connectivity index is 1.32. The third-order valence-electron chi connectivity index (χ3n) is 6.61. The summed E-state index contributed by atoms with van der Waals surface area (Å²) >= 11 is 0. The van der Waals surface area contributed by atoms with Crippen LogP contribution in [-0.4, -0.2) is 49.4 Å². The standard InChI is InChI=1S/C29H28FN3O3/c1-20-10-11-21(2)25(16-20)31-12-14-32(15-13-31)28(34)19-33-24-8-3-4-9-26(24)36-27(29(33)35)18-22-6-5-7-23(30)17-22/h3-11,16-18H,12-15,19H2,1-2H3/b27-18+. The lowest BCUT2D eigenvalue weighted by atomic mass is 10.1. The molecule has 0 bridgehead atoms. The number of carbonyl (C=O) groups is 2. The molecule has 2 heterocycles. The van der Waals surface area contributed by atoms with Gasteiger partial charge in [0, 0.05) is 31.9 Å². The van der Waals surface area contributed by atoms with E-state index < -0.39 is 11.7 Å². The first-order chi connectivity index (χ1) is 17.4. The van der Waals surface area contributed by atoms with Crippen molar-refractivity contribution in [2.45, 2.75) is 13.8 Å². The zero-order valence-electron chi connectivity index (χ0n) is 20.4. The number of fused-ring (bicyclic) bond motifs is 1. The van der Waals surface area contributed by atoms with E-state index in [1.54, 1.807) is 36.4 Å². The average molecular weight is 486 g/mol. The van der Waals surface area contributed by atoms with Crippen molar-refractivity contribution in [1.29, 1.82) is 0 Å². The first kappa shape index (κ1) is 23.6. The predicted octanol–water partition coefficient (Wildman–Crippen LogP) is 4.56. The van der Waals surface area contributed by atoms with Gasteiger partial charge in [0.15, 0.2) is 11.5 Å². The van der Waals surface area contributed by atoms with Crippen LogP contribution in [0.2, 0.25) is 0 Å². The van der Waals surface area contributed by atoms with Crippen molar-refractivity contribution >= 4 is 29.3 Å². The summed E-state index contributed by atoms with van der Waals surface area (Å²) in [5.41, 5.74) is 4.67. The van der Waals surface area contributed by atoms with Crippen molar-refractivity contribution in [3.8, 4) is 5.75 Å². The number of para-hydroxylation sites is 2. The number of hydrogen-bond acceptors (Lipinski definition) is 4. The SMILES string of the molecule is Cc1ccc(C)c(N2CCN(C(=O)CN3C(=O)/C(=C\c4cccc(F)c4)Oc4ccccc43)CC2)c1. The maximum absolute atomic E-state index is 13.7. The molecule has 7 heteroatoms. The van der Waals surface area contributed by atoms with Gasteiger partial charge in [-0.1, -0.05) is 36.4 Å². The summed E-state index contributed by atoms with van der Waals surface area (Å²) in [5.74, 6) is -0.426. The number of carbonyl (C=O) groups excluding carboxylic acids is 2. The fourth-order valence-corrected chi connectivity index (χ4v) is 4.66. The molecule has 6 nitrogen and oxygen atoms in total. The van der Waals surface area contributed by atoms with E-state index in [1.165, 1.54) is 39.9 Å². The molecule has 36 heavy (non-hydrogen) atoms. The number of aryl methyl sites for hydroxylation is 2. The molecule has 0 N–H and O–H groups in total. The van der Waals surface area contributed by atoms with Gasteiger partial charge in [-0.15, -0.1) is 0 Å². The number of hydrogen-bond donors (Lipinski definition) is 0. The highest BCUT2D eigenvalue weighted by Gasteiger charge is 2.33. The topological polar surface area (TPSA) is 53.1 Å². The molecule has 184 valence electrons. The summed E-state index contributed by atoms with van der Waals surface area (Å²) in [7, 11) is 0. The summed E-state index contributed by atoms with van der Waals surface area (Å²) in [6.07, 6.45) is 1.50. The number of amides is 2. The molecule has 5 rings (SSSR count). The molecule has 0 aromatic heterocycles. The molecular weight excluding hydrogens is 457 g/mol. The highest BCUT2D eigenvalue weighted by molar-refractivity contribution is 6.12. The number of piperazine rings is 1. The summed E-state index contributed by atoms with van der Waals surface area (Å²) in [4.78, 5) is 32.2. The smallest absolute Gasteiger partial charge is 0.294 e. The quantitative estimate of drug-likeness (QED) is 0.509. The Morgan fingerprint density at radius 2 is 1.72 bits per heavy atom. The summed E-state index contributed by atoms with van der Waals surface area (Å²) < 4.78 is 19.5. The minimum absolute atomic E-state index is 0.0480. The van der Waals surface area contributed by atoms with Crippen molar-refractivity contribution < 1.29 is 18.7 Å². The first-order valence-electron chi connectivity index (χ1n) is 12.0. The Kier molecular flexibility index (Phi) is 6.46. The van der Waals surface area contributed by atoms with Gasteiger partial charge in [0.25, 0.3) is 5.91 Å². The van der Waals surface area contributed by atoms with Crippen molar-refractivity contribution in [3.63, 3.8) is 0 Å². The lowest BCUT2D eigenvalue weighted by molar-refractivity contribution is -0.131. The Hall–Kier alpha value is -4.13. The summed E-state index contributed by atoms with van der Waals surface area (Å²) in [6.45, 7) is 6.71. The van der Waals surface area contributed by atoms with Crippen molar-refractivity contribution in [3.05, 3.63) is 95.0 Å². The van der Waals surface area contributed by atoms with Crippen LogP contribution in [0.1, 0.15) is 16.7 Å². The molecule has 0 radical (unpaired) electrons. The van der Waals surface area contributed by atoms with E-state index in [2.05, 4.69) is 36.9 Å². The Labute approximate surface area is 210 Å². The predicted molar refractivity (Wildman–Crippen MR) is 139 cm³/mol. The normalized spacial score (nSPS) is 16.7. The monoisotopic (exact) mass is 485 g/mol. The second-order valence-electron chi connectivity index (χ2n) is 9.18. The van der Waals surface area contributed by atoms with Crippen LogP contribution in [-0.2, 0) is 9.59 Å². The van der Waals surface area contributed by atoms with E-state index in [0.29, 0.717) is 30.1 Å². The zero-order chi connectivity index (χ0) is 25.2. The van der Waals surface area contributed by atoms with E-state index in [4.69, 9.17) is 4.74 Å². The molecule has 0 saturated carbocycles. The second kappa shape index (κ2) is 9.85. The highest BCUT2D eigenvalue weighted by Crippen LogP contribution is 2.35. The van der Waals surface area contributed by atoms with Crippen LogP contribution in [0.3, 0.4) is 0 Å². The van der Waals surface area contributed by atoms with Gasteiger partial charge >= 0.3 is 0 Å². The molecule has 3 aromatic rings. The van der Waals surface area contributed by atoms with E-state index in [0.717, 1.165) is 13.1 Å². The molecule has 0 spiro atoms. The summed E-state index contributed by atoms with van der Waals surface area (Å²) in [6, 6.07) is 19.5. The number of nitrogens with zero attached hydrogens (tertiary/aromatic N) is 3. The van der Waals surface area contributed by atoms with E-state index in [9.17, 15) is 14.0 Å². The van der Waals surface area contributed by atoms with Crippen LogP contribution >= 0.6 is 0 Å². The fourth-order valence-electron chi connectivity index (χ4n) is 4.66. The minimum atomic E-state index is -0.430. The molecule has 2 aliphatic rings. The number of anilines is 2. The molecular formula is C29H28FN3O3. The van der Waals surface area contributed by atoms with E-state index >= 15 is 0 Å². The van der Waals surface area contributed by atoms with Crippen LogP contribution in [0.5, 0.6) is 5.75 Å². The Morgan fingerprint density at radius 1 is 0.944 bits per heavy atom. The van der Waals surface area contributed by atoms with Gasteiger partial charge in [-0.05, 0) is 66.9 Å². The molecule has 0 aliphatic carbocycles. The van der Waals surface area contributed by atoms with Crippen LogP contribution in [0.25, 0.3) is 6.08 Å². The zero-order valence-corrected chi connectivity index (χ0v) is 20.4. The minimum Gasteiger partial charge on any atom is -0.449 e. The van der Waals surface area contributed by atoms with Gasteiger partial charge in [-0.25, -0.2) is 4.39 Å². The van der Waals surface area contributed by atoms with Gasteiger partial charge < -0.3 is 14.5 Å². The maximum Gasteiger partial charge on any atom is 0.294 e. The van der Waals surface area contributed by atoms with Crippen LogP contribution in [0.15, 0.2) is 72.5 Å². The van der Waals surface area contributed by atoms with E-state index in [-0.39, 0.29) is 18.2 Å². The second-order valence-corrected chi connectivity index (χ2v) is 9.18. The molecule has 1 fully saturated rings. The third-order valence-corrected chi connectivity index (χ3v) is 6.61. The van der Waals surface area contributed by atoms with Gasteiger partial charge in [0.05, 0.1) is 5.69 Å². The molecule has 1 saturated heterocycles. The fraction of sp³-hybridized carbons (Fsp3) is 0.241. The Morgan fingerprint density at radius 3 is 2.50 bits per heavy atom. The maximum atomic E-state index is 13.7. The van der Waals surface area contributed by atoms with E-state index in [1.807, 2.05) is 4.90 Å². The lowest BCUT2D eigenvalue weighted by Gasteiger charge is -2.38.